The van der Waals surface area contributed by atoms with Gasteiger partial charge in [0.15, 0.2) is 0 Å². The van der Waals surface area contributed by atoms with Gasteiger partial charge in [0.1, 0.15) is 10.9 Å². The van der Waals surface area contributed by atoms with E-state index in [9.17, 15) is 22.8 Å². The summed E-state index contributed by atoms with van der Waals surface area (Å²) >= 11 is 12.9. The first kappa shape index (κ1) is 30.6. The molecule has 216 valence electrons. The lowest BCUT2D eigenvalue weighted by atomic mass is 10.0. The van der Waals surface area contributed by atoms with Gasteiger partial charge in [0.25, 0.3) is 15.9 Å². The highest BCUT2D eigenvalue weighted by Gasteiger charge is 2.41. The van der Waals surface area contributed by atoms with Crippen LogP contribution in [0.25, 0.3) is 0 Å². The minimum absolute atomic E-state index is 0.0645. The van der Waals surface area contributed by atoms with Crippen LogP contribution in [-0.2, 0) is 32.6 Å². The number of halogens is 2. The number of rotatable bonds is 11. The van der Waals surface area contributed by atoms with Crippen LogP contribution in [0.4, 0.5) is 0 Å². The lowest BCUT2D eigenvalue weighted by Gasteiger charge is -2.32. The van der Waals surface area contributed by atoms with Crippen LogP contribution in [-0.4, -0.2) is 54.5 Å². The highest BCUT2D eigenvalue weighted by atomic mass is 35.5. The molecular formula is C30H31Cl2N3O5S. The molecule has 0 fully saturated rings. The molecule has 0 aliphatic carbocycles. The van der Waals surface area contributed by atoms with Gasteiger partial charge in [0, 0.05) is 48.1 Å². The number of sulfonamides is 1. The molecular weight excluding hydrogens is 585 g/mol. The predicted octanol–water partition coefficient (Wildman–Crippen LogP) is 4.94. The van der Waals surface area contributed by atoms with Gasteiger partial charge >= 0.3 is 0 Å². The van der Waals surface area contributed by atoms with Crippen LogP contribution >= 0.6 is 23.2 Å². The van der Waals surface area contributed by atoms with Crippen LogP contribution in [0.2, 0.25) is 10.0 Å². The molecule has 0 unspecified atom stereocenters. The summed E-state index contributed by atoms with van der Waals surface area (Å²) < 4.78 is 26.9. The van der Waals surface area contributed by atoms with Crippen molar-refractivity contribution >= 4 is 50.9 Å². The van der Waals surface area contributed by atoms with E-state index in [-0.39, 0.29) is 48.2 Å². The van der Waals surface area contributed by atoms with Gasteiger partial charge in [-0.2, -0.15) is 0 Å². The molecule has 0 radical (unpaired) electrons. The second-order valence-electron chi connectivity index (χ2n) is 10.2. The molecule has 3 aromatic carbocycles. The molecule has 1 N–H and O–H groups in total. The van der Waals surface area contributed by atoms with Crippen molar-refractivity contribution in [2.24, 2.45) is 5.92 Å². The standard InChI is InChI=1S/C30H31Cl2N3O5S/c1-20(2)18-33-29(37)26(17-21-9-4-3-5-10-21)34(19-23-24(31)12-8-13-25(23)32)28(36)15-16-35-30(38)22-11-6-7-14-27(22)41(35,39)40/h3-14,20,26H,15-19H2,1-2H3,(H,33,37)/t26-/m0/s1. The second-order valence-corrected chi connectivity index (χ2v) is 12.8. The second kappa shape index (κ2) is 13.1. The molecule has 0 bridgehead atoms. The average molecular weight is 617 g/mol. The number of carbonyl (C=O) groups excluding carboxylic acids is 3. The number of carbonyl (C=O) groups is 3. The third kappa shape index (κ3) is 6.92. The van der Waals surface area contributed by atoms with Crippen molar-refractivity contribution in [2.45, 2.75) is 44.2 Å². The third-order valence-electron chi connectivity index (χ3n) is 6.79. The first-order valence-corrected chi connectivity index (χ1v) is 15.4. The molecule has 1 atom stereocenters. The van der Waals surface area contributed by atoms with Crippen molar-refractivity contribution in [3.63, 3.8) is 0 Å². The Balaban J connectivity index is 1.67. The number of fused-ring (bicyclic) bond motifs is 1. The molecule has 0 saturated carbocycles. The van der Waals surface area contributed by atoms with Gasteiger partial charge in [0.2, 0.25) is 11.8 Å². The first-order valence-electron chi connectivity index (χ1n) is 13.2. The van der Waals surface area contributed by atoms with Gasteiger partial charge in [-0.15, -0.1) is 0 Å². The molecule has 0 saturated heterocycles. The van der Waals surface area contributed by atoms with Crippen LogP contribution in [0, 0.1) is 5.92 Å². The molecule has 8 nitrogen and oxygen atoms in total. The van der Waals surface area contributed by atoms with Crippen LogP contribution in [0.3, 0.4) is 0 Å². The Hall–Kier alpha value is -3.40. The molecule has 3 aromatic rings. The van der Waals surface area contributed by atoms with Gasteiger partial charge in [-0.1, -0.05) is 85.6 Å². The quantitative estimate of drug-likeness (QED) is 0.329. The normalized spacial score (nSPS) is 14.6. The van der Waals surface area contributed by atoms with Crippen molar-refractivity contribution in [1.82, 2.24) is 14.5 Å². The summed E-state index contributed by atoms with van der Waals surface area (Å²) in [7, 11) is -4.10. The fourth-order valence-corrected chi connectivity index (χ4v) is 6.71. The van der Waals surface area contributed by atoms with Gasteiger partial charge in [-0.3, -0.25) is 14.4 Å². The Morgan fingerprint density at radius 2 is 1.56 bits per heavy atom. The Morgan fingerprint density at radius 1 is 0.927 bits per heavy atom. The zero-order valence-electron chi connectivity index (χ0n) is 22.7. The minimum atomic E-state index is -4.10. The van der Waals surface area contributed by atoms with Gasteiger partial charge in [-0.25, -0.2) is 12.7 Å². The summed E-state index contributed by atoms with van der Waals surface area (Å²) in [6.45, 7) is 3.85. The largest absolute Gasteiger partial charge is 0.354 e. The summed E-state index contributed by atoms with van der Waals surface area (Å²) in [5.74, 6) is -1.41. The summed E-state index contributed by atoms with van der Waals surface area (Å²) in [4.78, 5) is 41.7. The predicted molar refractivity (Wildman–Crippen MR) is 158 cm³/mol. The smallest absolute Gasteiger partial charge is 0.269 e. The van der Waals surface area contributed by atoms with E-state index >= 15 is 0 Å². The van der Waals surface area contributed by atoms with E-state index in [0.29, 0.717) is 26.5 Å². The SMILES string of the molecule is CC(C)CNC(=O)[C@H](Cc1ccccc1)N(Cc1c(Cl)cccc1Cl)C(=O)CCN1C(=O)c2ccccc2S1(=O)=O. The number of benzene rings is 3. The molecule has 0 aromatic heterocycles. The van der Waals surface area contributed by atoms with E-state index in [1.807, 2.05) is 44.2 Å². The highest BCUT2D eigenvalue weighted by molar-refractivity contribution is 7.90. The summed E-state index contributed by atoms with van der Waals surface area (Å²) in [5.41, 5.74) is 1.35. The number of hydrogen-bond acceptors (Lipinski definition) is 5. The van der Waals surface area contributed by atoms with Gasteiger partial charge in [-0.05, 0) is 35.7 Å². The summed E-state index contributed by atoms with van der Waals surface area (Å²) in [6.07, 6.45) is -0.144. The monoisotopic (exact) mass is 615 g/mol. The number of nitrogens with one attached hydrogen (secondary N) is 1. The molecule has 41 heavy (non-hydrogen) atoms. The van der Waals surface area contributed by atoms with Crippen molar-refractivity contribution in [3.05, 3.63) is 99.5 Å². The zero-order chi connectivity index (χ0) is 29.7. The van der Waals surface area contributed by atoms with E-state index in [2.05, 4.69) is 5.32 Å². The molecule has 3 amide bonds. The molecule has 11 heteroatoms. The van der Waals surface area contributed by atoms with Gasteiger partial charge < -0.3 is 10.2 Å². The van der Waals surface area contributed by atoms with Crippen molar-refractivity contribution < 1.29 is 22.8 Å². The topological polar surface area (TPSA) is 104 Å². The third-order valence-corrected chi connectivity index (χ3v) is 9.34. The van der Waals surface area contributed by atoms with Crippen LogP contribution in [0.5, 0.6) is 0 Å². The number of nitrogens with zero attached hydrogens (tertiary/aromatic N) is 2. The Labute approximate surface area is 250 Å². The van der Waals surface area contributed by atoms with Crippen LogP contribution in [0.1, 0.15) is 41.8 Å². The van der Waals surface area contributed by atoms with Gasteiger partial charge in [0.05, 0.1) is 5.56 Å². The maximum absolute atomic E-state index is 13.9. The van der Waals surface area contributed by atoms with Crippen molar-refractivity contribution in [3.8, 4) is 0 Å². The first-order chi connectivity index (χ1) is 19.5. The summed E-state index contributed by atoms with van der Waals surface area (Å²) in [5, 5.41) is 3.57. The van der Waals surface area contributed by atoms with E-state index < -0.39 is 27.9 Å². The van der Waals surface area contributed by atoms with E-state index in [1.54, 1.807) is 24.3 Å². The maximum atomic E-state index is 13.9. The van der Waals surface area contributed by atoms with E-state index in [1.165, 1.54) is 23.1 Å². The Morgan fingerprint density at radius 3 is 2.20 bits per heavy atom. The Kier molecular flexibility index (Phi) is 9.73. The Bertz CT molecular complexity index is 1530. The van der Waals surface area contributed by atoms with Crippen LogP contribution < -0.4 is 5.32 Å². The lowest BCUT2D eigenvalue weighted by Crippen LogP contribution is -2.51. The zero-order valence-corrected chi connectivity index (χ0v) is 25.0. The molecule has 0 spiro atoms. The molecule has 1 heterocycles. The highest BCUT2D eigenvalue weighted by Crippen LogP contribution is 2.31. The number of hydrogen-bond donors (Lipinski definition) is 1. The maximum Gasteiger partial charge on any atom is 0.269 e. The average Bonchev–Trinajstić information content (AvgIpc) is 3.14. The van der Waals surface area contributed by atoms with E-state index in [0.717, 1.165) is 5.56 Å². The van der Waals surface area contributed by atoms with Crippen LogP contribution in [0.15, 0.2) is 77.7 Å². The van der Waals surface area contributed by atoms with E-state index in [4.69, 9.17) is 23.2 Å². The van der Waals surface area contributed by atoms with Crippen molar-refractivity contribution in [1.29, 1.82) is 0 Å². The van der Waals surface area contributed by atoms with Crippen molar-refractivity contribution in [2.75, 3.05) is 13.1 Å². The fraction of sp³-hybridized carbons (Fsp3) is 0.300. The fourth-order valence-electron chi connectivity index (χ4n) is 4.62. The number of amides is 3. The molecule has 1 aliphatic rings. The molecule has 1 aliphatic heterocycles. The lowest BCUT2D eigenvalue weighted by molar-refractivity contribution is -0.141. The summed E-state index contributed by atoms with van der Waals surface area (Å²) in [6, 6.07) is 19.2. The molecule has 4 rings (SSSR count). The minimum Gasteiger partial charge on any atom is -0.354 e.